The summed E-state index contributed by atoms with van der Waals surface area (Å²) < 4.78 is 25.8. The zero-order valence-electron chi connectivity index (χ0n) is 12.6. The molecule has 1 saturated heterocycles. The van der Waals surface area contributed by atoms with Crippen LogP contribution in [0.2, 0.25) is 5.02 Å². The van der Waals surface area contributed by atoms with Gasteiger partial charge >= 0.3 is 0 Å². The number of amides is 1. The van der Waals surface area contributed by atoms with Gasteiger partial charge in [-0.15, -0.1) is 0 Å². The third-order valence-electron chi connectivity index (χ3n) is 3.62. The van der Waals surface area contributed by atoms with E-state index in [0.717, 1.165) is 6.42 Å². The monoisotopic (exact) mass is 366 g/mol. The molecule has 24 heavy (non-hydrogen) atoms. The molecule has 0 atom stereocenters. The lowest BCUT2D eigenvalue weighted by Crippen LogP contribution is -2.38. The zero-order valence-corrected chi connectivity index (χ0v) is 14.2. The summed E-state index contributed by atoms with van der Waals surface area (Å²) in [7, 11) is -3.41. The molecule has 9 heteroatoms. The summed E-state index contributed by atoms with van der Waals surface area (Å²) in [4.78, 5) is 20.2. The van der Waals surface area contributed by atoms with Crippen LogP contribution in [0.25, 0.3) is 0 Å². The SMILES string of the molecule is O=C(Nc1ncccn1)c1ccc(Cl)c(N2CCCCS2(=O)=O)c1. The summed E-state index contributed by atoms with van der Waals surface area (Å²) >= 11 is 6.16. The highest BCUT2D eigenvalue weighted by atomic mass is 35.5. The second kappa shape index (κ2) is 6.74. The van der Waals surface area contributed by atoms with Crippen molar-refractivity contribution in [2.24, 2.45) is 0 Å². The summed E-state index contributed by atoms with van der Waals surface area (Å²) in [6.07, 6.45) is 4.40. The fraction of sp³-hybridized carbons (Fsp3) is 0.267. The highest BCUT2D eigenvalue weighted by Crippen LogP contribution is 2.31. The van der Waals surface area contributed by atoms with E-state index in [0.29, 0.717) is 18.7 Å². The number of benzene rings is 1. The van der Waals surface area contributed by atoms with Crippen molar-refractivity contribution in [3.05, 3.63) is 47.2 Å². The Morgan fingerprint density at radius 3 is 2.67 bits per heavy atom. The quantitative estimate of drug-likeness (QED) is 0.899. The number of sulfonamides is 1. The highest BCUT2D eigenvalue weighted by molar-refractivity contribution is 7.92. The van der Waals surface area contributed by atoms with Gasteiger partial charge in [-0.2, -0.15) is 0 Å². The van der Waals surface area contributed by atoms with E-state index in [1.54, 1.807) is 6.07 Å². The van der Waals surface area contributed by atoms with Crippen molar-refractivity contribution in [3.63, 3.8) is 0 Å². The van der Waals surface area contributed by atoms with Crippen molar-refractivity contribution in [2.75, 3.05) is 21.9 Å². The number of hydrogen-bond donors (Lipinski definition) is 1. The van der Waals surface area contributed by atoms with Gasteiger partial charge in [-0.25, -0.2) is 18.4 Å². The number of carbonyl (C=O) groups excluding carboxylic acids is 1. The largest absolute Gasteiger partial charge is 0.290 e. The number of nitrogens with one attached hydrogen (secondary N) is 1. The first-order valence-electron chi connectivity index (χ1n) is 7.36. The summed E-state index contributed by atoms with van der Waals surface area (Å²) in [5.74, 6) is -0.185. The summed E-state index contributed by atoms with van der Waals surface area (Å²) in [5, 5.41) is 2.84. The smallest absolute Gasteiger partial charge is 0.258 e. The molecular weight excluding hydrogens is 352 g/mol. The van der Waals surface area contributed by atoms with Crippen LogP contribution in [0.15, 0.2) is 36.7 Å². The molecule has 1 fully saturated rings. The first-order chi connectivity index (χ1) is 11.5. The van der Waals surface area contributed by atoms with Gasteiger partial charge < -0.3 is 0 Å². The molecule has 1 amide bonds. The second-order valence-corrected chi connectivity index (χ2v) is 7.71. The second-order valence-electron chi connectivity index (χ2n) is 5.29. The molecule has 0 saturated carbocycles. The molecule has 2 aromatic rings. The Balaban J connectivity index is 1.90. The molecule has 1 aliphatic rings. The van der Waals surface area contributed by atoms with Gasteiger partial charge in [0.1, 0.15) is 0 Å². The number of hydrogen-bond acceptors (Lipinski definition) is 5. The van der Waals surface area contributed by atoms with Crippen molar-refractivity contribution in [3.8, 4) is 0 Å². The van der Waals surface area contributed by atoms with E-state index in [1.807, 2.05) is 0 Å². The van der Waals surface area contributed by atoms with Gasteiger partial charge in [0.05, 0.1) is 16.5 Å². The van der Waals surface area contributed by atoms with E-state index in [1.165, 1.54) is 34.9 Å². The summed E-state index contributed by atoms with van der Waals surface area (Å²) in [6, 6.07) is 6.16. The molecule has 2 heterocycles. The molecule has 1 aromatic carbocycles. The van der Waals surface area contributed by atoms with Crippen LogP contribution < -0.4 is 9.62 Å². The lowest BCUT2D eigenvalue weighted by molar-refractivity contribution is 0.102. The molecule has 0 unspecified atom stereocenters. The predicted octanol–water partition coefficient (Wildman–Crippen LogP) is 2.31. The van der Waals surface area contributed by atoms with Crippen LogP contribution in [0.1, 0.15) is 23.2 Å². The molecule has 126 valence electrons. The van der Waals surface area contributed by atoms with Crippen LogP contribution in [0, 0.1) is 0 Å². The number of carbonyl (C=O) groups is 1. The zero-order chi connectivity index (χ0) is 17.2. The predicted molar refractivity (Wildman–Crippen MR) is 91.8 cm³/mol. The molecule has 3 rings (SSSR count). The topological polar surface area (TPSA) is 92.3 Å². The first kappa shape index (κ1) is 16.7. The van der Waals surface area contributed by atoms with E-state index in [-0.39, 0.29) is 22.3 Å². The van der Waals surface area contributed by atoms with Crippen LogP contribution in [-0.4, -0.2) is 36.6 Å². The molecular formula is C15H15ClN4O3S. The number of nitrogens with zero attached hydrogens (tertiary/aromatic N) is 3. The van der Waals surface area contributed by atoms with Crippen molar-refractivity contribution < 1.29 is 13.2 Å². The van der Waals surface area contributed by atoms with Crippen molar-refractivity contribution in [2.45, 2.75) is 12.8 Å². The lowest BCUT2D eigenvalue weighted by atomic mass is 10.2. The van der Waals surface area contributed by atoms with Crippen LogP contribution in [0.4, 0.5) is 11.6 Å². The normalized spacial score (nSPS) is 16.6. The fourth-order valence-electron chi connectivity index (χ4n) is 2.44. The minimum absolute atomic E-state index is 0.0810. The molecule has 0 bridgehead atoms. The summed E-state index contributed by atoms with van der Waals surface area (Å²) in [6.45, 7) is 0.356. The minimum Gasteiger partial charge on any atom is -0.290 e. The minimum atomic E-state index is -3.41. The lowest BCUT2D eigenvalue weighted by Gasteiger charge is -2.29. The third-order valence-corrected chi connectivity index (χ3v) is 5.79. The van der Waals surface area contributed by atoms with E-state index in [4.69, 9.17) is 11.6 Å². The molecule has 1 aromatic heterocycles. The van der Waals surface area contributed by atoms with Crippen molar-refractivity contribution >= 4 is 39.2 Å². The Hall–Kier alpha value is -2.19. The van der Waals surface area contributed by atoms with Crippen LogP contribution in [0.3, 0.4) is 0 Å². The van der Waals surface area contributed by atoms with Gasteiger partial charge in [0.2, 0.25) is 16.0 Å². The van der Waals surface area contributed by atoms with E-state index < -0.39 is 15.9 Å². The van der Waals surface area contributed by atoms with Gasteiger partial charge in [-0.3, -0.25) is 14.4 Å². The molecule has 0 aliphatic carbocycles. The highest BCUT2D eigenvalue weighted by Gasteiger charge is 2.28. The van der Waals surface area contributed by atoms with E-state index in [9.17, 15) is 13.2 Å². The number of halogens is 1. The van der Waals surface area contributed by atoms with E-state index >= 15 is 0 Å². The Kier molecular flexibility index (Phi) is 4.68. The average Bonchev–Trinajstić information content (AvgIpc) is 2.56. The summed E-state index contributed by atoms with van der Waals surface area (Å²) in [5.41, 5.74) is 0.598. The maximum Gasteiger partial charge on any atom is 0.258 e. The number of aromatic nitrogens is 2. The third kappa shape index (κ3) is 3.49. The van der Waals surface area contributed by atoms with Crippen LogP contribution in [0.5, 0.6) is 0 Å². The van der Waals surface area contributed by atoms with Gasteiger partial charge in [-0.1, -0.05) is 11.6 Å². The molecule has 1 aliphatic heterocycles. The van der Waals surface area contributed by atoms with Gasteiger partial charge in [0.25, 0.3) is 5.91 Å². The van der Waals surface area contributed by atoms with E-state index in [2.05, 4.69) is 15.3 Å². The van der Waals surface area contributed by atoms with Gasteiger partial charge in [0.15, 0.2) is 0 Å². The first-order valence-corrected chi connectivity index (χ1v) is 9.34. The number of rotatable bonds is 3. The molecule has 0 spiro atoms. The Bertz CT molecular complexity index is 858. The standard InChI is InChI=1S/C15H15ClN4O3S/c16-12-5-4-11(14(21)19-15-17-6-3-7-18-15)10-13(12)20-8-1-2-9-24(20,22)23/h3-7,10H,1-2,8-9H2,(H,17,18,19,21). The Morgan fingerprint density at radius 2 is 1.96 bits per heavy atom. The maximum atomic E-state index is 12.3. The fourth-order valence-corrected chi connectivity index (χ4v) is 4.36. The Labute approximate surface area is 144 Å². The number of anilines is 2. The van der Waals surface area contributed by atoms with Crippen molar-refractivity contribution in [1.29, 1.82) is 0 Å². The van der Waals surface area contributed by atoms with Gasteiger partial charge in [-0.05, 0) is 37.1 Å². The van der Waals surface area contributed by atoms with Crippen LogP contribution >= 0.6 is 11.6 Å². The average molecular weight is 367 g/mol. The van der Waals surface area contributed by atoms with Crippen molar-refractivity contribution in [1.82, 2.24) is 9.97 Å². The molecule has 1 N–H and O–H groups in total. The molecule has 7 nitrogen and oxygen atoms in total. The Morgan fingerprint density at radius 1 is 1.21 bits per heavy atom. The van der Waals surface area contributed by atoms with Crippen LogP contribution in [-0.2, 0) is 10.0 Å². The van der Waals surface area contributed by atoms with Gasteiger partial charge in [0, 0.05) is 24.5 Å². The molecule has 0 radical (unpaired) electrons. The maximum absolute atomic E-state index is 12.3.